The van der Waals surface area contributed by atoms with E-state index in [0.29, 0.717) is 6.04 Å². The quantitative estimate of drug-likeness (QED) is 0.767. The van der Waals surface area contributed by atoms with Crippen molar-refractivity contribution >= 4 is 5.82 Å². The molecule has 1 aliphatic heterocycles. The van der Waals surface area contributed by atoms with Gasteiger partial charge in [-0.25, -0.2) is 0 Å². The molecule has 1 aromatic carbocycles. The summed E-state index contributed by atoms with van der Waals surface area (Å²) < 4.78 is 1.94. The van der Waals surface area contributed by atoms with E-state index in [9.17, 15) is 0 Å². The summed E-state index contributed by atoms with van der Waals surface area (Å²) in [6, 6.07) is 17.4. The number of piperidine rings is 1. The van der Waals surface area contributed by atoms with Crippen molar-refractivity contribution in [3.8, 4) is 11.3 Å². The summed E-state index contributed by atoms with van der Waals surface area (Å²) in [5.41, 5.74) is 3.48. The molecule has 3 heterocycles. The first kappa shape index (κ1) is 16.8. The number of anilines is 1. The molecule has 1 saturated heterocycles. The second-order valence-corrected chi connectivity index (χ2v) is 6.95. The standard InChI is InChI=1S/C21H25N5/c1-25-21(15-20(24-25)18-7-11-22-12-8-18)23-19-9-13-26(14-10-19)16-17-5-3-2-4-6-17/h2-8,11-12,15,19,23H,9-10,13-14,16H2,1H3. The third-order valence-corrected chi connectivity index (χ3v) is 5.04. The number of pyridine rings is 1. The predicted octanol–water partition coefficient (Wildman–Crippen LogP) is 3.56. The highest BCUT2D eigenvalue weighted by molar-refractivity contribution is 5.62. The van der Waals surface area contributed by atoms with Crippen LogP contribution >= 0.6 is 0 Å². The van der Waals surface area contributed by atoms with Gasteiger partial charge in [0.25, 0.3) is 0 Å². The molecule has 0 aliphatic carbocycles. The summed E-state index contributed by atoms with van der Waals surface area (Å²) in [5.74, 6) is 1.08. The van der Waals surface area contributed by atoms with E-state index in [0.717, 1.165) is 49.6 Å². The zero-order chi connectivity index (χ0) is 17.8. The van der Waals surface area contributed by atoms with Gasteiger partial charge >= 0.3 is 0 Å². The fraction of sp³-hybridized carbons (Fsp3) is 0.333. The van der Waals surface area contributed by atoms with Crippen LogP contribution in [-0.2, 0) is 13.6 Å². The second kappa shape index (κ2) is 7.70. The number of hydrogen-bond donors (Lipinski definition) is 1. The highest BCUT2D eigenvalue weighted by Crippen LogP contribution is 2.23. The van der Waals surface area contributed by atoms with E-state index >= 15 is 0 Å². The number of nitrogens with zero attached hydrogens (tertiary/aromatic N) is 4. The van der Waals surface area contributed by atoms with Gasteiger partial charge in [0.05, 0.1) is 5.69 Å². The fourth-order valence-corrected chi connectivity index (χ4v) is 3.55. The van der Waals surface area contributed by atoms with Crippen LogP contribution in [0.4, 0.5) is 5.82 Å². The Morgan fingerprint density at radius 2 is 1.77 bits per heavy atom. The number of aromatic nitrogens is 3. The number of benzene rings is 1. The molecule has 4 rings (SSSR count). The minimum absolute atomic E-state index is 0.503. The van der Waals surface area contributed by atoms with Crippen LogP contribution in [0.3, 0.4) is 0 Å². The fourth-order valence-electron chi connectivity index (χ4n) is 3.55. The Balaban J connectivity index is 1.34. The molecule has 134 valence electrons. The van der Waals surface area contributed by atoms with Gasteiger partial charge in [-0.1, -0.05) is 30.3 Å². The van der Waals surface area contributed by atoms with E-state index in [1.54, 1.807) is 12.4 Å². The van der Waals surface area contributed by atoms with E-state index < -0.39 is 0 Å². The maximum atomic E-state index is 4.63. The Labute approximate surface area is 154 Å². The summed E-state index contributed by atoms with van der Waals surface area (Å²) in [6.07, 6.45) is 5.92. The van der Waals surface area contributed by atoms with E-state index in [-0.39, 0.29) is 0 Å². The summed E-state index contributed by atoms with van der Waals surface area (Å²) >= 11 is 0. The molecule has 2 aromatic heterocycles. The first-order valence-corrected chi connectivity index (χ1v) is 9.25. The van der Waals surface area contributed by atoms with Crippen LogP contribution in [-0.4, -0.2) is 38.8 Å². The molecule has 0 bridgehead atoms. The lowest BCUT2D eigenvalue weighted by atomic mass is 10.0. The normalized spacial score (nSPS) is 15.9. The molecular weight excluding hydrogens is 322 g/mol. The molecule has 0 atom stereocenters. The summed E-state index contributed by atoms with van der Waals surface area (Å²) in [6.45, 7) is 3.30. The molecular formula is C21H25N5. The van der Waals surface area contributed by atoms with Crippen LogP contribution in [0.2, 0.25) is 0 Å². The molecule has 26 heavy (non-hydrogen) atoms. The smallest absolute Gasteiger partial charge is 0.124 e. The Hall–Kier alpha value is -2.66. The lowest BCUT2D eigenvalue weighted by molar-refractivity contribution is 0.211. The number of hydrogen-bond acceptors (Lipinski definition) is 4. The van der Waals surface area contributed by atoms with Gasteiger partial charge in [-0.05, 0) is 30.5 Å². The molecule has 0 amide bonds. The van der Waals surface area contributed by atoms with Crippen LogP contribution < -0.4 is 5.32 Å². The Morgan fingerprint density at radius 3 is 2.50 bits per heavy atom. The van der Waals surface area contributed by atoms with Crippen LogP contribution in [0.15, 0.2) is 60.9 Å². The molecule has 0 unspecified atom stereocenters. The molecule has 0 radical (unpaired) electrons. The van der Waals surface area contributed by atoms with Crippen molar-refractivity contribution in [3.63, 3.8) is 0 Å². The van der Waals surface area contributed by atoms with Gasteiger partial charge in [0.2, 0.25) is 0 Å². The first-order valence-electron chi connectivity index (χ1n) is 9.25. The van der Waals surface area contributed by atoms with Gasteiger partial charge in [-0.15, -0.1) is 0 Å². The van der Waals surface area contributed by atoms with Crippen LogP contribution in [0, 0.1) is 0 Å². The van der Waals surface area contributed by atoms with Crippen LogP contribution in [0.1, 0.15) is 18.4 Å². The maximum absolute atomic E-state index is 4.63. The Kier molecular flexibility index (Phi) is 4.97. The SMILES string of the molecule is Cn1nc(-c2ccncc2)cc1NC1CCN(Cc2ccccc2)CC1. The molecule has 5 heteroatoms. The minimum atomic E-state index is 0.503. The average molecular weight is 347 g/mol. The van der Waals surface area contributed by atoms with Crippen molar-refractivity contribution in [2.75, 3.05) is 18.4 Å². The minimum Gasteiger partial charge on any atom is -0.367 e. The van der Waals surface area contributed by atoms with Gasteiger partial charge in [0.1, 0.15) is 5.82 Å². The topological polar surface area (TPSA) is 46.0 Å². The van der Waals surface area contributed by atoms with Crippen molar-refractivity contribution in [3.05, 3.63) is 66.5 Å². The van der Waals surface area contributed by atoms with E-state index in [2.05, 4.69) is 56.7 Å². The van der Waals surface area contributed by atoms with Crippen molar-refractivity contribution in [2.45, 2.75) is 25.4 Å². The van der Waals surface area contributed by atoms with Crippen LogP contribution in [0.25, 0.3) is 11.3 Å². The molecule has 1 aliphatic rings. The summed E-state index contributed by atoms with van der Waals surface area (Å²) in [7, 11) is 2.00. The Morgan fingerprint density at radius 1 is 1.04 bits per heavy atom. The number of rotatable bonds is 5. The molecule has 0 saturated carbocycles. The number of nitrogens with one attached hydrogen (secondary N) is 1. The van der Waals surface area contributed by atoms with Gasteiger partial charge in [-0.2, -0.15) is 5.10 Å². The average Bonchev–Trinajstić information content (AvgIpc) is 3.05. The van der Waals surface area contributed by atoms with Gasteiger partial charge in [0.15, 0.2) is 0 Å². The second-order valence-electron chi connectivity index (χ2n) is 6.95. The summed E-state index contributed by atoms with van der Waals surface area (Å²) in [5, 5.41) is 8.32. The van der Waals surface area contributed by atoms with Crippen molar-refractivity contribution < 1.29 is 0 Å². The van der Waals surface area contributed by atoms with Crippen LogP contribution in [0.5, 0.6) is 0 Å². The van der Waals surface area contributed by atoms with Crippen molar-refractivity contribution in [2.24, 2.45) is 7.05 Å². The van der Waals surface area contributed by atoms with Crippen molar-refractivity contribution in [1.29, 1.82) is 0 Å². The monoisotopic (exact) mass is 347 g/mol. The first-order chi connectivity index (χ1) is 12.8. The third-order valence-electron chi connectivity index (χ3n) is 5.04. The lowest BCUT2D eigenvalue weighted by Gasteiger charge is -2.32. The zero-order valence-corrected chi connectivity index (χ0v) is 15.2. The molecule has 3 aromatic rings. The number of likely N-dealkylation sites (tertiary alicyclic amines) is 1. The highest BCUT2D eigenvalue weighted by Gasteiger charge is 2.20. The van der Waals surface area contributed by atoms with Crippen molar-refractivity contribution in [1.82, 2.24) is 19.7 Å². The molecule has 0 spiro atoms. The molecule has 5 nitrogen and oxygen atoms in total. The predicted molar refractivity (Wildman–Crippen MR) is 105 cm³/mol. The van der Waals surface area contributed by atoms with Gasteiger partial charge < -0.3 is 5.32 Å². The Bertz CT molecular complexity index is 820. The number of aryl methyl sites for hydroxylation is 1. The third kappa shape index (κ3) is 3.94. The van der Waals surface area contributed by atoms with Gasteiger partial charge in [0, 0.05) is 56.7 Å². The zero-order valence-electron chi connectivity index (χ0n) is 15.2. The van der Waals surface area contributed by atoms with Gasteiger partial charge in [-0.3, -0.25) is 14.6 Å². The van der Waals surface area contributed by atoms with E-state index in [4.69, 9.17) is 0 Å². The largest absolute Gasteiger partial charge is 0.367 e. The van der Waals surface area contributed by atoms with E-state index in [1.165, 1.54) is 5.56 Å². The van der Waals surface area contributed by atoms with E-state index in [1.807, 2.05) is 23.9 Å². The summed E-state index contributed by atoms with van der Waals surface area (Å²) in [4.78, 5) is 6.62. The molecule has 1 N–H and O–H groups in total. The lowest BCUT2D eigenvalue weighted by Crippen LogP contribution is -2.38. The molecule has 1 fully saturated rings. The highest BCUT2D eigenvalue weighted by atomic mass is 15.3. The maximum Gasteiger partial charge on any atom is 0.124 e.